The van der Waals surface area contributed by atoms with Crippen LogP contribution in [0.1, 0.15) is 12.0 Å². The number of rotatable bonds is 6. The maximum Gasteiger partial charge on any atom is 0.0424 e. The fraction of sp³-hybridized carbons (Fsp3) is 0.500. The summed E-state index contributed by atoms with van der Waals surface area (Å²) >= 11 is 11.9. The van der Waals surface area contributed by atoms with E-state index >= 15 is 0 Å². The monoisotopic (exact) mass is 260 g/mol. The molecule has 2 nitrogen and oxygen atoms in total. The minimum atomic E-state index is 0.700. The molecule has 0 aliphatic carbocycles. The van der Waals surface area contributed by atoms with Crippen molar-refractivity contribution < 1.29 is 0 Å². The molecule has 1 N–H and O–H groups in total. The van der Waals surface area contributed by atoms with Gasteiger partial charge in [0.25, 0.3) is 0 Å². The van der Waals surface area contributed by atoms with Crippen molar-refractivity contribution in [1.29, 1.82) is 0 Å². The molecule has 0 saturated heterocycles. The molecule has 0 fully saturated rings. The first-order chi connectivity index (χ1) is 7.61. The second kappa shape index (κ2) is 7.13. The molecule has 0 aliphatic heterocycles. The van der Waals surface area contributed by atoms with Gasteiger partial charge in [-0.2, -0.15) is 0 Å². The van der Waals surface area contributed by atoms with Crippen LogP contribution in [-0.4, -0.2) is 32.1 Å². The third-order valence-corrected chi connectivity index (χ3v) is 2.78. The molecular weight excluding hydrogens is 243 g/mol. The van der Waals surface area contributed by atoms with Crippen molar-refractivity contribution in [3.63, 3.8) is 0 Å². The molecule has 0 saturated carbocycles. The normalized spacial score (nSPS) is 11.1. The number of hydrogen-bond donors (Lipinski definition) is 1. The van der Waals surface area contributed by atoms with Crippen molar-refractivity contribution in [1.82, 2.24) is 10.2 Å². The Kier molecular flexibility index (Phi) is 6.14. The first-order valence-electron chi connectivity index (χ1n) is 5.40. The van der Waals surface area contributed by atoms with E-state index in [1.54, 1.807) is 6.07 Å². The van der Waals surface area contributed by atoms with Gasteiger partial charge in [0.1, 0.15) is 0 Å². The Morgan fingerprint density at radius 2 is 1.81 bits per heavy atom. The molecule has 0 amide bonds. The molecule has 0 bridgehead atoms. The van der Waals surface area contributed by atoms with E-state index in [-0.39, 0.29) is 0 Å². The molecule has 16 heavy (non-hydrogen) atoms. The lowest BCUT2D eigenvalue weighted by Gasteiger charge is -2.16. The molecule has 0 unspecified atom stereocenters. The van der Waals surface area contributed by atoms with Crippen LogP contribution in [0.3, 0.4) is 0 Å². The van der Waals surface area contributed by atoms with Gasteiger partial charge >= 0.3 is 0 Å². The lowest BCUT2D eigenvalue weighted by molar-refractivity contribution is 0.321. The Bertz CT molecular complexity index is 309. The molecule has 1 aromatic rings. The van der Waals surface area contributed by atoms with Crippen molar-refractivity contribution in [3.05, 3.63) is 33.8 Å². The molecule has 0 radical (unpaired) electrons. The first kappa shape index (κ1) is 13.8. The molecule has 0 heterocycles. The summed E-state index contributed by atoms with van der Waals surface area (Å²) in [4.78, 5) is 2.26. The number of nitrogens with zero attached hydrogens (tertiary/aromatic N) is 1. The summed E-state index contributed by atoms with van der Waals surface area (Å²) in [5, 5.41) is 4.54. The molecule has 1 aromatic carbocycles. The average molecular weight is 261 g/mol. The minimum Gasteiger partial charge on any atom is -0.320 e. The van der Waals surface area contributed by atoms with Gasteiger partial charge in [0.15, 0.2) is 0 Å². The van der Waals surface area contributed by atoms with Crippen molar-refractivity contribution in [2.45, 2.75) is 13.0 Å². The molecule has 0 aliphatic rings. The van der Waals surface area contributed by atoms with Gasteiger partial charge < -0.3 is 10.2 Å². The number of hydrogen-bond acceptors (Lipinski definition) is 2. The summed E-state index contributed by atoms with van der Waals surface area (Å²) in [6.45, 7) is 2.98. The second-order valence-electron chi connectivity index (χ2n) is 3.97. The third kappa shape index (κ3) is 5.17. The Hall–Kier alpha value is -0.280. The molecule has 4 heteroatoms. The van der Waals surface area contributed by atoms with Crippen molar-refractivity contribution in [3.8, 4) is 0 Å². The summed E-state index contributed by atoms with van der Waals surface area (Å²) in [5.74, 6) is 0. The van der Waals surface area contributed by atoms with Crippen LogP contribution in [0, 0.1) is 0 Å². The van der Waals surface area contributed by atoms with Crippen molar-refractivity contribution in [2.24, 2.45) is 0 Å². The molecule has 0 atom stereocenters. The predicted molar refractivity (Wildman–Crippen MR) is 71.3 cm³/mol. The number of benzene rings is 1. The quantitative estimate of drug-likeness (QED) is 0.792. The highest BCUT2D eigenvalue weighted by atomic mass is 35.5. The van der Waals surface area contributed by atoms with Gasteiger partial charge in [-0.1, -0.05) is 23.2 Å². The Morgan fingerprint density at radius 3 is 2.38 bits per heavy atom. The Morgan fingerprint density at radius 1 is 1.19 bits per heavy atom. The fourth-order valence-electron chi connectivity index (χ4n) is 1.62. The van der Waals surface area contributed by atoms with Crippen LogP contribution in [0.5, 0.6) is 0 Å². The van der Waals surface area contributed by atoms with E-state index in [9.17, 15) is 0 Å². The zero-order chi connectivity index (χ0) is 12.0. The van der Waals surface area contributed by atoms with E-state index < -0.39 is 0 Å². The highest BCUT2D eigenvalue weighted by Gasteiger charge is 2.02. The Balaban J connectivity index is 2.45. The van der Waals surface area contributed by atoms with Gasteiger partial charge in [-0.3, -0.25) is 0 Å². The van der Waals surface area contributed by atoms with Crippen LogP contribution in [0.25, 0.3) is 0 Å². The SMILES string of the molecule is CNCCCN(C)Cc1cc(Cl)cc(Cl)c1. The summed E-state index contributed by atoms with van der Waals surface area (Å²) < 4.78 is 0. The number of halogens is 2. The second-order valence-corrected chi connectivity index (χ2v) is 4.85. The van der Waals surface area contributed by atoms with Crippen LogP contribution in [0.4, 0.5) is 0 Å². The number of nitrogens with one attached hydrogen (secondary N) is 1. The largest absolute Gasteiger partial charge is 0.320 e. The van der Waals surface area contributed by atoms with E-state index in [4.69, 9.17) is 23.2 Å². The third-order valence-electron chi connectivity index (χ3n) is 2.34. The smallest absolute Gasteiger partial charge is 0.0424 e. The Labute approximate surface area is 108 Å². The lowest BCUT2D eigenvalue weighted by atomic mass is 10.2. The standard InChI is InChI=1S/C12H18Cl2N2/c1-15-4-3-5-16(2)9-10-6-11(13)8-12(14)7-10/h6-8,15H,3-5,9H2,1-2H3. The van der Waals surface area contributed by atoms with E-state index in [2.05, 4.69) is 17.3 Å². The summed E-state index contributed by atoms with van der Waals surface area (Å²) in [5.41, 5.74) is 1.16. The molecule has 0 spiro atoms. The molecule has 1 rings (SSSR count). The lowest BCUT2D eigenvalue weighted by Crippen LogP contribution is -2.22. The van der Waals surface area contributed by atoms with E-state index in [1.807, 2.05) is 19.2 Å². The average Bonchev–Trinajstić information content (AvgIpc) is 2.16. The van der Waals surface area contributed by atoms with Crippen LogP contribution in [0.15, 0.2) is 18.2 Å². The van der Waals surface area contributed by atoms with Crippen LogP contribution >= 0.6 is 23.2 Å². The molecule has 0 aromatic heterocycles. The van der Waals surface area contributed by atoms with Crippen molar-refractivity contribution >= 4 is 23.2 Å². The zero-order valence-corrected chi connectivity index (χ0v) is 11.3. The fourth-order valence-corrected chi connectivity index (χ4v) is 2.19. The van der Waals surface area contributed by atoms with Gasteiger partial charge in [0, 0.05) is 16.6 Å². The maximum atomic E-state index is 5.95. The van der Waals surface area contributed by atoms with Crippen LogP contribution in [0.2, 0.25) is 10.0 Å². The minimum absolute atomic E-state index is 0.700. The zero-order valence-electron chi connectivity index (χ0n) is 9.76. The highest BCUT2D eigenvalue weighted by Crippen LogP contribution is 2.19. The summed E-state index contributed by atoms with van der Waals surface area (Å²) in [6, 6.07) is 5.68. The predicted octanol–water partition coefficient (Wildman–Crippen LogP) is 3.03. The van der Waals surface area contributed by atoms with Crippen LogP contribution < -0.4 is 5.32 Å². The van der Waals surface area contributed by atoms with E-state index in [1.165, 1.54) is 0 Å². The van der Waals surface area contributed by atoms with Gasteiger partial charge in [0.2, 0.25) is 0 Å². The molecule has 90 valence electrons. The molecular formula is C12H18Cl2N2. The summed E-state index contributed by atoms with van der Waals surface area (Å²) in [6.07, 6.45) is 1.14. The van der Waals surface area contributed by atoms with Gasteiger partial charge in [0.05, 0.1) is 0 Å². The van der Waals surface area contributed by atoms with Gasteiger partial charge in [-0.15, -0.1) is 0 Å². The topological polar surface area (TPSA) is 15.3 Å². The highest BCUT2D eigenvalue weighted by molar-refractivity contribution is 6.34. The van der Waals surface area contributed by atoms with E-state index in [0.717, 1.165) is 31.6 Å². The first-order valence-corrected chi connectivity index (χ1v) is 6.15. The van der Waals surface area contributed by atoms with E-state index in [0.29, 0.717) is 10.0 Å². The van der Waals surface area contributed by atoms with Crippen LogP contribution in [-0.2, 0) is 6.54 Å². The summed E-state index contributed by atoms with van der Waals surface area (Å²) in [7, 11) is 4.07. The maximum absolute atomic E-state index is 5.95. The van der Waals surface area contributed by atoms with Crippen molar-refractivity contribution in [2.75, 3.05) is 27.2 Å². The van der Waals surface area contributed by atoms with Gasteiger partial charge in [-0.25, -0.2) is 0 Å². The van der Waals surface area contributed by atoms with Gasteiger partial charge in [-0.05, 0) is 57.4 Å².